The fourth-order valence-electron chi connectivity index (χ4n) is 2.87. The van der Waals surface area contributed by atoms with Gasteiger partial charge in [0.05, 0.1) is 21.3 Å². The Morgan fingerprint density at radius 1 is 1.00 bits per heavy atom. The third-order valence-electron chi connectivity index (χ3n) is 4.14. The zero-order valence-electron chi connectivity index (χ0n) is 16.7. The number of nitrogens with one attached hydrogen (secondary N) is 1. The van der Waals surface area contributed by atoms with Crippen molar-refractivity contribution in [3.8, 4) is 17.2 Å². The fourth-order valence-corrected chi connectivity index (χ4v) is 2.87. The Labute approximate surface area is 161 Å². The molecule has 0 atom stereocenters. The van der Waals surface area contributed by atoms with Gasteiger partial charge in [-0.3, -0.25) is 4.79 Å². The Bertz CT molecular complexity index is 750. The lowest BCUT2D eigenvalue weighted by Crippen LogP contribution is -2.17. The highest BCUT2D eigenvalue weighted by Gasteiger charge is 2.14. The van der Waals surface area contributed by atoms with E-state index in [9.17, 15) is 4.79 Å². The van der Waals surface area contributed by atoms with Gasteiger partial charge in [-0.05, 0) is 49.8 Å². The summed E-state index contributed by atoms with van der Waals surface area (Å²) in [6.45, 7) is 0.767. The number of hydrogen-bond donors (Lipinski definition) is 1. The van der Waals surface area contributed by atoms with Crippen molar-refractivity contribution in [3.05, 3.63) is 47.5 Å². The first-order valence-electron chi connectivity index (χ1n) is 8.79. The van der Waals surface area contributed by atoms with E-state index in [4.69, 9.17) is 14.2 Å². The molecule has 0 aliphatic rings. The standard InChI is InChI=1S/C21H28N2O4/c1-23(2)14-16-8-6-7-9-17(16)22-20(24)11-10-15-12-18(25-3)21(27-5)19(13-15)26-4/h6-9,12-13H,10-11,14H2,1-5H3,(H,22,24). The van der Waals surface area contributed by atoms with Gasteiger partial charge in [0.25, 0.3) is 0 Å². The van der Waals surface area contributed by atoms with Gasteiger partial charge < -0.3 is 24.4 Å². The molecule has 0 aliphatic heterocycles. The third kappa shape index (κ3) is 5.62. The summed E-state index contributed by atoms with van der Waals surface area (Å²) < 4.78 is 16.1. The minimum Gasteiger partial charge on any atom is -0.493 e. The molecular weight excluding hydrogens is 344 g/mol. The molecule has 0 saturated carbocycles. The lowest BCUT2D eigenvalue weighted by atomic mass is 10.1. The highest BCUT2D eigenvalue weighted by Crippen LogP contribution is 2.38. The molecule has 2 aromatic carbocycles. The van der Waals surface area contributed by atoms with Gasteiger partial charge in [-0.25, -0.2) is 0 Å². The summed E-state index contributed by atoms with van der Waals surface area (Å²) in [5.74, 6) is 1.69. The number of rotatable bonds is 9. The largest absolute Gasteiger partial charge is 0.493 e. The molecule has 2 rings (SSSR count). The molecule has 146 valence electrons. The van der Waals surface area contributed by atoms with E-state index in [2.05, 4.69) is 10.2 Å². The van der Waals surface area contributed by atoms with Crippen molar-refractivity contribution in [1.82, 2.24) is 4.90 Å². The van der Waals surface area contributed by atoms with Crippen LogP contribution in [0.15, 0.2) is 36.4 Å². The number of amides is 1. The Hall–Kier alpha value is -2.73. The SMILES string of the molecule is COc1cc(CCC(=O)Nc2ccccc2CN(C)C)cc(OC)c1OC. The van der Waals surface area contributed by atoms with E-state index in [0.29, 0.717) is 30.1 Å². The van der Waals surface area contributed by atoms with Crippen LogP contribution in [0.3, 0.4) is 0 Å². The van der Waals surface area contributed by atoms with Crippen LogP contribution in [-0.4, -0.2) is 46.2 Å². The number of benzene rings is 2. The van der Waals surface area contributed by atoms with Gasteiger partial charge in [-0.1, -0.05) is 18.2 Å². The molecular formula is C21H28N2O4. The van der Waals surface area contributed by atoms with Gasteiger partial charge in [-0.15, -0.1) is 0 Å². The number of methoxy groups -OCH3 is 3. The normalized spacial score (nSPS) is 10.6. The quantitative estimate of drug-likeness (QED) is 0.731. The summed E-state index contributed by atoms with van der Waals surface area (Å²) >= 11 is 0. The second kappa shape index (κ2) is 9.83. The average Bonchev–Trinajstić information content (AvgIpc) is 2.66. The van der Waals surface area contributed by atoms with Crippen LogP contribution in [0.4, 0.5) is 5.69 Å². The maximum Gasteiger partial charge on any atom is 0.224 e. The van der Waals surface area contributed by atoms with Crippen molar-refractivity contribution in [2.24, 2.45) is 0 Å². The zero-order valence-corrected chi connectivity index (χ0v) is 16.7. The van der Waals surface area contributed by atoms with E-state index in [1.165, 1.54) is 0 Å². The van der Waals surface area contributed by atoms with Gasteiger partial charge in [0.1, 0.15) is 0 Å². The second-order valence-electron chi connectivity index (χ2n) is 6.48. The first kappa shape index (κ1) is 20.6. The number of ether oxygens (including phenoxy) is 3. The monoisotopic (exact) mass is 372 g/mol. The lowest BCUT2D eigenvalue weighted by Gasteiger charge is -2.15. The molecule has 0 aliphatic carbocycles. The van der Waals surface area contributed by atoms with E-state index < -0.39 is 0 Å². The zero-order chi connectivity index (χ0) is 19.8. The predicted octanol–water partition coefficient (Wildman–Crippen LogP) is 3.35. The van der Waals surface area contributed by atoms with E-state index in [-0.39, 0.29) is 5.91 Å². The Kier molecular flexibility index (Phi) is 7.49. The summed E-state index contributed by atoms with van der Waals surface area (Å²) in [7, 11) is 8.73. The van der Waals surface area contributed by atoms with Crippen molar-refractivity contribution in [3.63, 3.8) is 0 Å². The van der Waals surface area contributed by atoms with Gasteiger partial charge >= 0.3 is 0 Å². The van der Waals surface area contributed by atoms with Crippen molar-refractivity contribution >= 4 is 11.6 Å². The highest BCUT2D eigenvalue weighted by molar-refractivity contribution is 5.91. The van der Waals surface area contributed by atoms with Gasteiger partial charge in [-0.2, -0.15) is 0 Å². The Morgan fingerprint density at radius 2 is 1.63 bits per heavy atom. The number of aryl methyl sites for hydroxylation is 1. The van der Waals surface area contributed by atoms with E-state index in [0.717, 1.165) is 23.4 Å². The maximum atomic E-state index is 12.4. The topological polar surface area (TPSA) is 60.0 Å². The Balaban J connectivity index is 2.06. The molecule has 0 spiro atoms. The molecule has 6 heteroatoms. The van der Waals surface area contributed by atoms with Gasteiger partial charge in [0.15, 0.2) is 11.5 Å². The highest BCUT2D eigenvalue weighted by atomic mass is 16.5. The molecule has 2 aromatic rings. The maximum absolute atomic E-state index is 12.4. The first-order chi connectivity index (χ1) is 13.0. The van der Waals surface area contributed by atoms with Gasteiger partial charge in [0.2, 0.25) is 11.7 Å². The van der Waals surface area contributed by atoms with Crippen LogP contribution in [0.25, 0.3) is 0 Å². The molecule has 0 aromatic heterocycles. The lowest BCUT2D eigenvalue weighted by molar-refractivity contribution is -0.116. The smallest absolute Gasteiger partial charge is 0.224 e. The molecule has 0 bridgehead atoms. The van der Waals surface area contributed by atoms with Crippen LogP contribution in [0.5, 0.6) is 17.2 Å². The van der Waals surface area contributed by atoms with Crippen molar-refractivity contribution in [2.75, 3.05) is 40.7 Å². The summed E-state index contributed by atoms with van der Waals surface area (Å²) in [5, 5.41) is 3.01. The van der Waals surface area contributed by atoms with E-state index in [1.54, 1.807) is 21.3 Å². The summed E-state index contributed by atoms with van der Waals surface area (Å²) in [6, 6.07) is 11.6. The van der Waals surface area contributed by atoms with E-state index >= 15 is 0 Å². The molecule has 0 unspecified atom stereocenters. The minimum atomic E-state index is -0.0324. The summed E-state index contributed by atoms with van der Waals surface area (Å²) in [6.07, 6.45) is 0.924. The van der Waals surface area contributed by atoms with Gasteiger partial charge in [0, 0.05) is 18.7 Å². The predicted molar refractivity (Wildman–Crippen MR) is 107 cm³/mol. The van der Waals surface area contributed by atoms with Crippen LogP contribution in [0.1, 0.15) is 17.5 Å². The molecule has 0 heterocycles. The van der Waals surface area contributed by atoms with Crippen molar-refractivity contribution < 1.29 is 19.0 Å². The Morgan fingerprint density at radius 3 is 2.19 bits per heavy atom. The van der Waals surface area contributed by atoms with Crippen LogP contribution in [0.2, 0.25) is 0 Å². The van der Waals surface area contributed by atoms with Crippen molar-refractivity contribution in [2.45, 2.75) is 19.4 Å². The molecule has 1 amide bonds. The number of nitrogens with zero attached hydrogens (tertiary/aromatic N) is 1. The number of anilines is 1. The molecule has 6 nitrogen and oxygen atoms in total. The number of carbonyl (C=O) groups is 1. The number of carbonyl (C=O) groups excluding carboxylic acids is 1. The first-order valence-corrected chi connectivity index (χ1v) is 8.79. The third-order valence-corrected chi connectivity index (χ3v) is 4.14. The number of para-hydroxylation sites is 1. The fraction of sp³-hybridized carbons (Fsp3) is 0.381. The van der Waals surface area contributed by atoms with Crippen molar-refractivity contribution in [1.29, 1.82) is 0 Å². The minimum absolute atomic E-state index is 0.0324. The van der Waals surface area contributed by atoms with Crippen LogP contribution < -0.4 is 19.5 Å². The molecule has 0 fully saturated rings. The number of hydrogen-bond acceptors (Lipinski definition) is 5. The average molecular weight is 372 g/mol. The summed E-state index contributed by atoms with van der Waals surface area (Å²) in [4.78, 5) is 14.5. The molecule has 0 saturated heterocycles. The van der Waals surface area contributed by atoms with E-state index in [1.807, 2.05) is 50.5 Å². The molecule has 0 radical (unpaired) electrons. The second-order valence-corrected chi connectivity index (χ2v) is 6.48. The molecule has 27 heavy (non-hydrogen) atoms. The summed E-state index contributed by atoms with van der Waals surface area (Å²) in [5.41, 5.74) is 2.88. The molecule has 1 N–H and O–H groups in total. The van der Waals surface area contributed by atoms with Crippen LogP contribution in [0, 0.1) is 0 Å². The van der Waals surface area contributed by atoms with Crippen LogP contribution in [-0.2, 0) is 17.8 Å². The van der Waals surface area contributed by atoms with Crippen LogP contribution >= 0.6 is 0 Å².